The average molecular weight is 394 g/mol. The van der Waals surface area contributed by atoms with Gasteiger partial charge in [-0.25, -0.2) is 4.79 Å². The van der Waals surface area contributed by atoms with Gasteiger partial charge >= 0.3 is 5.69 Å². The summed E-state index contributed by atoms with van der Waals surface area (Å²) in [6.07, 6.45) is 4.80. The topological polar surface area (TPSA) is 73.1 Å². The molecule has 27 heavy (non-hydrogen) atoms. The van der Waals surface area contributed by atoms with Crippen molar-refractivity contribution >= 4 is 27.5 Å². The minimum absolute atomic E-state index is 0.180. The smallest absolute Gasteiger partial charge is 0.332 e. The van der Waals surface area contributed by atoms with E-state index in [0.29, 0.717) is 18.5 Å². The van der Waals surface area contributed by atoms with Crippen LogP contribution < -0.4 is 16.6 Å². The predicted molar refractivity (Wildman–Crippen MR) is 112 cm³/mol. The number of carbonyl (C=O) groups is 1. The van der Waals surface area contributed by atoms with Gasteiger partial charge in [0.15, 0.2) is 0 Å². The third-order valence-corrected chi connectivity index (χ3v) is 5.75. The fourth-order valence-electron chi connectivity index (χ4n) is 3.11. The zero-order chi connectivity index (χ0) is 20.0. The van der Waals surface area contributed by atoms with Gasteiger partial charge in [-0.3, -0.25) is 18.7 Å². The van der Waals surface area contributed by atoms with Gasteiger partial charge in [0.2, 0.25) is 5.91 Å². The second-order valence-corrected chi connectivity index (χ2v) is 8.12. The Morgan fingerprint density at radius 2 is 1.81 bits per heavy atom. The molecule has 1 N–H and O–H groups in total. The number of rotatable bonds is 10. The van der Waals surface area contributed by atoms with Crippen molar-refractivity contribution in [1.82, 2.24) is 14.5 Å². The van der Waals surface area contributed by atoms with Crippen molar-refractivity contribution in [1.29, 1.82) is 0 Å². The van der Waals surface area contributed by atoms with Crippen LogP contribution in [0.1, 0.15) is 71.3 Å². The van der Waals surface area contributed by atoms with E-state index in [1.807, 2.05) is 26.2 Å². The molecule has 0 radical (unpaired) electrons. The van der Waals surface area contributed by atoms with Crippen molar-refractivity contribution in [3.8, 4) is 0 Å². The SMILES string of the molecule is CCCCCn1c(=O)n(CC(=O)NCCCC)c(=O)c2c(C(C)C)csc21. The van der Waals surface area contributed by atoms with Gasteiger partial charge in [0.05, 0.1) is 5.39 Å². The fourth-order valence-corrected chi connectivity index (χ4v) is 4.36. The van der Waals surface area contributed by atoms with Crippen LogP contribution >= 0.6 is 11.3 Å². The van der Waals surface area contributed by atoms with E-state index >= 15 is 0 Å². The molecule has 0 spiro atoms. The van der Waals surface area contributed by atoms with Crippen LogP contribution in [0.2, 0.25) is 0 Å². The zero-order valence-electron chi connectivity index (χ0n) is 16.8. The number of thiophene rings is 1. The van der Waals surface area contributed by atoms with E-state index in [1.54, 1.807) is 4.57 Å². The Morgan fingerprint density at radius 3 is 2.44 bits per heavy atom. The first-order valence-corrected chi connectivity index (χ1v) is 10.8. The maximum atomic E-state index is 13.1. The van der Waals surface area contributed by atoms with Crippen LogP contribution in [-0.2, 0) is 17.9 Å². The quantitative estimate of drug-likeness (QED) is 0.628. The highest BCUT2D eigenvalue weighted by atomic mass is 32.1. The van der Waals surface area contributed by atoms with E-state index < -0.39 is 0 Å². The predicted octanol–water partition coefficient (Wildman–Crippen LogP) is 3.45. The lowest BCUT2D eigenvalue weighted by Gasteiger charge is -2.13. The fraction of sp³-hybridized carbons (Fsp3) is 0.650. The van der Waals surface area contributed by atoms with E-state index in [9.17, 15) is 14.4 Å². The molecule has 6 nitrogen and oxygen atoms in total. The molecule has 2 rings (SSSR count). The molecule has 0 aliphatic carbocycles. The molecule has 2 aromatic heterocycles. The van der Waals surface area contributed by atoms with Gasteiger partial charge in [0, 0.05) is 13.1 Å². The Hall–Kier alpha value is -1.89. The summed E-state index contributed by atoms with van der Waals surface area (Å²) in [6.45, 7) is 9.14. The van der Waals surface area contributed by atoms with E-state index in [-0.39, 0.29) is 29.6 Å². The van der Waals surface area contributed by atoms with E-state index in [4.69, 9.17) is 0 Å². The van der Waals surface area contributed by atoms with Crippen molar-refractivity contribution in [2.24, 2.45) is 0 Å². The number of hydrogen-bond donors (Lipinski definition) is 1. The minimum Gasteiger partial charge on any atom is -0.355 e. The number of nitrogens with one attached hydrogen (secondary N) is 1. The van der Waals surface area contributed by atoms with Crippen LogP contribution in [0.25, 0.3) is 10.2 Å². The summed E-state index contributed by atoms with van der Waals surface area (Å²) in [5, 5.41) is 5.35. The molecule has 2 aromatic rings. The highest BCUT2D eigenvalue weighted by Crippen LogP contribution is 2.28. The van der Waals surface area contributed by atoms with E-state index in [1.165, 1.54) is 11.3 Å². The minimum atomic E-state index is -0.383. The van der Waals surface area contributed by atoms with Crippen LogP contribution in [0.3, 0.4) is 0 Å². The number of aryl methyl sites for hydroxylation is 1. The lowest BCUT2D eigenvalue weighted by atomic mass is 10.0. The van der Waals surface area contributed by atoms with Crippen LogP contribution in [-0.4, -0.2) is 21.6 Å². The lowest BCUT2D eigenvalue weighted by molar-refractivity contribution is -0.121. The molecule has 2 heterocycles. The number of amides is 1. The average Bonchev–Trinajstić information content (AvgIpc) is 3.07. The van der Waals surface area contributed by atoms with Crippen LogP contribution in [0, 0.1) is 0 Å². The number of hydrogen-bond acceptors (Lipinski definition) is 4. The summed E-state index contributed by atoms with van der Waals surface area (Å²) in [6, 6.07) is 0. The molecule has 0 aliphatic rings. The Bertz CT molecular complexity index is 892. The van der Waals surface area contributed by atoms with E-state index in [0.717, 1.165) is 47.1 Å². The molecule has 1 amide bonds. The van der Waals surface area contributed by atoms with Crippen LogP contribution in [0.15, 0.2) is 15.0 Å². The summed E-state index contributed by atoms with van der Waals surface area (Å²) < 4.78 is 2.79. The highest BCUT2D eigenvalue weighted by Gasteiger charge is 2.20. The Kier molecular flexibility index (Phi) is 7.83. The Labute approximate surface area is 164 Å². The van der Waals surface area contributed by atoms with Crippen molar-refractivity contribution in [2.45, 2.75) is 78.8 Å². The third-order valence-electron chi connectivity index (χ3n) is 4.73. The van der Waals surface area contributed by atoms with Gasteiger partial charge in [-0.15, -0.1) is 11.3 Å². The maximum Gasteiger partial charge on any atom is 0.332 e. The van der Waals surface area contributed by atoms with Crippen molar-refractivity contribution in [3.05, 3.63) is 31.8 Å². The second kappa shape index (κ2) is 9.88. The summed E-state index contributed by atoms with van der Waals surface area (Å²) in [7, 11) is 0. The molecule has 0 bridgehead atoms. The standard InChI is InChI=1S/C20H31N3O3S/c1-5-7-9-11-22-19-17(15(13-27-19)14(3)4)18(25)23(20(22)26)12-16(24)21-10-8-6-2/h13-14H,5-12H2,1-4H3,(H,21,24). The van der Waals surface area contributed by atoms with Gasteiger partial charge in [-0.2, -0.15) is 0 Å². The first kappa shape index (κ1) is 21.4. The Balaban J connectivity index is 2.51. The van der Waals surface area contributed by atoms with Crippen molar-refractivity contribution in [2.75, 3.05) is 6.54 Å². The van der Waals surface area contributed by atoms with Gasteiger partial charge < -0.3 is 5.32 Å². The summed E-state index contributed by atoms with van der Waals surface area (Å²) in [5.74, 6) is -0.108. The highest BCUT2D eigenvalue weighted by molar-refractivity contribution is 7.17. The summed E-state index contributed by atoms with van der Waals surface area (Å²) >= 11 is 1.45. The van der Waals surface area contributed by atoms with Crippen molar-refractivity contribution in [3.63, 3.8) is 0 Å². The number of carbonyl (C=O) groups excluding carboxylic acids is 1. The molecule has 0 aromatic carbocycles. The van der Waals surface area contributed by atoms with Gasteiger partial charge in [0.25, 0.3) is 5.56 Å². The second-order valence-electron chi connectivity index (χ2n) is 7.26. The number of nitrogens with zero attached hydrogens (tertiary/aromatic N) is 2. The first-order valence-electron chi connectivity index (χ1n) is 9.93. The molecule has 0 saturated carbocycles. The number of fused-ring (bicyclic) bond motifs is 1. The van der Waals surface area contributed by atoms with E-state index in [2.05, 4.69) is 12.2 Å². The first-order chi connectivity index (χ1) is 12.9. The lowest BCUT2D eigenvalue weighted by Crippen LogP contribution is -2.44. The van der Waals surface area contributed by atoms with Gasteiger partial charge in [-0.05, 0) is 29.7 Å². The molecule has 0 saturated heterocycles. The molecular weight excluding hydrogens is 362 g/mol. The molecule has 0 aliphatic heterocycles. The third kappa shape index (κ3) is 4.89. The molecular formula is C20H31N3O3S. The number of aromatic nitrogens is 2. The molecule has 0 unspecified atom stereocenters. The molecule has 150 valence electrons. The number of unbranched alkanes of at least 4 members (excludes halogenated alkanes) is 3. The molecule has 0 atom stereocenters. The van der Waals surface area contributed by atoms with Crippen LogP contribution in [0.4, 0.5) is 0 Å². The van der Waals surface area contributed by atoms with Crippen molar-refractivity contribution < 1.29 is 4.79 Å². The normalized spacial score (nSPS) is 11.4. The maximum absolute atomic E-state index is 13.1. The summed E-state index contributed by atoms with van der Waals surface area (Å²) in [4.78, 5) is 39.0. The zero-order valence-corrected chi connectivity index (χ0v) is 17.7. The monoisotopic (exact) mass is 393 g/mol. The van der Waals surface area contributed by atoms with Gasteiger partial charge in [0.1, 0.15) is 11.4 Å². The largest absolute Gasteiger partial charge is 0.355 e. The van der Waals surface area contributed by atoms with Crippen LogP contribution in [0.5, 0.6) is 0 Å². The molecule has 0 fully saturated rings. The van der Waals surface area contributed by atoms with Gasteiger partial charge in [-0.1, -0.05) is 47.0 Å². The summed E-state index contributed by atoms with van der Waals surface area (Å²) in [5.41, 5.74) is 0.216. The molecule has 7 heteroatoms. The Morgan fingerprint density at radius 1 is 1.11 bits per heavy atom.